The summed E-state index contributed by atoms with van der Waals surface area (Å²) in [6.45, 7) is 0. The number of hydrogen-bond donors (Lipinski definition) is 1. The van der Waals surface area contributed by atoms with Crippen molar-refractivity contribution < 1.29 is 4.79 Å². The van der Waals surface area contributed by atoms with Gasteiger partial charge in [0.25, 0.3) is 0 Å². The second-order valence-electron chi connectivity index (χ2n) is 4.55. The zero-order chi connectivity index (χ0) is 15.4. The van der Waals surface area contributed by atoms with E-state index in [1.54, 1.807) is 34.4 Å². The van der Waals surface area contributed by atoms with Crippen LogP contribution in [0.3, 0.4) is 0 Å². The highest BCUT2D eigenvalue weighted by molar-refractivity contribution is 7.98. The fraction of sp³-hybridized carbons (Fsp3) is 0.125. The van der Waals surface area contributed by atoms with E-state index in [1.165, 1.54) is 0 Å². The normalized spacial score (nSPS) is 10.6. The number of hydrogen-bond acceptors (Lipinski definition) is 5. The van der Waals surface area contributed by atoms with E-state index in [4.69, 9.17) is 0 Å². The number of carbonyl (C=O) groups is 1. The van der Waals surface area contributed by atoms with Gasteiger partial charge in [0.1, 0.15) is 5.01 Å². The molecule has 2 aromatic heterocycles. The molecule has 0 bridgehead atoms. The van der Waals surface area contributed by atoms with Gasteiger partial charge in [-0.15, -0.1) is 34.4 Å². The molecule has 0 aliphatic rings. The van der Waals surface area contributed by atoms with Crippen LogP contribution < -0.4 is 5.32 Å². The molecular weight excluding hydrogens is 332 g/mol. The molecule has 0 fully saturated rings. The molecule has 1 amide bonds. The van der Waals surface area contributed by atoms with Crippen LogP contribution in [0.2, 0.25) is 0 Å². The second-order valence-corrected chi connectivity index (χ2v) is 7.20. The fourth-order valence-electron chi connectivity index (χ4n) is 2.01. The highest BCUT2D eigenvalue weighted by Gasteiger charge is 2.11. The summed E-state index contributed by atoms with van der Waals surface area (Å²) in [5, 5.41) is 7.92. The van der Waals surface area contributed by atoms with Crippen LogP contribution in [0, 0.1) is 0 Å². The molecule has 112 valence electrons. The number of para-hydroxylation sites is 1. The topological polar surface area (TPSA) is 42.0 Å². The quantitative estimate of drug-likeness (QED) is 0.676. The van der Waals surface area contributed by atoms with Crippen molar-refractivity contribution in [2.45, 2.75) is 11.3 Å². The van der Waals surface area contributed by atoms with E-state index < -0.39 is 0 Å². The van der Waals surface area contributed by atoms with E-state index in [0.717, 1.165) is 26.2 Å². The number of thiazole rings is 1. The first-order valence-electron chi connectivity index (χ1n) is 6.67. The van der Waals surface area contributed by atoms with Gasteiger partial charge >= 0.3 is 0 Å². The summed E-state index contributed by atoms with van der Waals surface area (Å²) < 4.78 is 0. The molecule has 0 aliphatic heterocycles. The number of anilines is 1. The summed E-state index contributed by atoms with van der Waals surface area (Å²) in [7, 11) is 0. The molecule has 0 unspecified atom stereocenters. The molecule has 0 radical (unpaired) electrons. The zero-order valence-corrected chi connectivity index (χ0v) is 14.4. The van der Waals surface area contributed by atoms with Gasteiger partial charge in [0, 0.05) is 10.3 Å². The Labute approximate surface area is 141 Å². The Hall–Kier alpha value is -1.63. The van der Waals surface area contributed by atoms with Gasteiger partial charge in [-0.25, -0.2) is 4.98 Å². The third-order valence-corrected chi connectivity index (χ3v) is 5.73. The van der Waals surface area contributed by atoms with Crippen LogP contribution >= 0.6 is 34.4 Å². The monoisotopic (exact) mass is 346 g/mol. The first-order chi connectivity index (χ1) is 10.8. The highest BCUT2D eigenvalue weighted by atomic mass is 32.2. The van der Waals surface area contributed by atoms with E-state index >= 15 is 0 Å². The summed E-state index contributed by atoms with van der Waals surface area (Å²) in [4.78, 5) is 18.9. The molecular formula is C16H14N2OS3. The predicted octanol–water partition coefficient (Wildman–Crippen LogP) is 4.77. The number of carbonyl (C=O) groups excluding carboxylic acids is 1. The lowest BCUT2D eigenvalue weighted by Crippen LogP contribution is -2.15. The van der Waals surface area contributed by atoms with Gasteiger partial charge in [-0.05, 0) is 29.8 Å². The fourth-order valence-corrected chi connectivity index (χ4v) is 4.20. The van der Waals surface area contributed by atoms with E-state index in [1.807, 2.05) is 53.4 Å². The number of nitrogens with zero attached hydrogens (tertiary/aromatic N) is 1. The van der Waals surface area contributed by atoms with Crippen molar-refractivity contribution in [3.63, 3.8) is 0 Å². The molecule has 0 saturated carbocycles. The highest BCUT2D eigenvalue weighted by Crippen LogP contribution is 2.28. The van der Waals surface area contributed by atoms with E-state index in [9.17, 15) is 4.79 Å². The number of rotatable bonds is 5. The lowest BCUT2D eigenvalue weighted by atomic mass is 10.3. The average Bonchev–Trinajstić information content (AvgIpc) is 3.18. The maximum absolute atomic E-state index is 12.2. The summed E-state index contributed by atoms with van der Waals surface area (Å²) >= 11 is 4.86. The Kier molecular flexibility index (Phi) is 4.92. The van der Waals surface area contributed by atoms with Crippen molar-refractivity contribution in [1.82, 2.24) is 4.98 Å². The first kappa shape index (κ1) is 15.3. The molecule has 3 rings (SSSR count). The molecule has 6 heteroatoms. The van der Waals surface area contributed by atoms with Crippen molar-refractivity contribution in [3.8, 4) is 9.88 Å². The molecule has 3 nitrogen and oxygen atoms in total. The largest absolute Gasteiger partial charge is 0.325 e. The Morgan fingerprint density at radius 2 is 2.09 bits per heavy atom. The van der Waals surface area contributed by atoms with Crippen LogP contribution in [-0.2, 0) is 11.2 Å². The minimum Gasteiger partial charge on any atom is -0.325 e. The van der Waals surface area contributed by atoms with Gasteiger partial charge in [0.05, 0.1) is 22.7 Å². The zero-order valence-electron chi connectivity index (χ0n) is 11.9. The molecule has 3 aromatic rings. The van der Waals surface area contributed by atoms with Crippen molar-refractivity contribution in [2.75, 3.05) is 11.6 Å². The molecule has 0 aliphatic carbocycles. The van der Waals surface area contributed by atoms with Crippen LogP contribution in [-0.4, -0.2) is 17.1 Å². The van der Waals surface area contributed by atoms with Gasteiger partial charge in [-0.3, -0.25) is 4.79 Å². The maximum atomic E-state index is 12.2. The molecule has 1 aromatic carbocycles. The number of nitrogens with one attached hydrogen (secondary N) is 1. The first-order valence-corrected chi connectivity index (χ1v) is 9.66. The third kappa shape index (κ3) is 3.58. The van der Waals surface area contributed by atoms with Crippen molar-refractivity contribution >= 4 is 46.0 Å². The molecule has 0 saturated heterocycles. The van der Waals surface area contributed by atoms with E-state index in [-0.39, 0.29) is 5.91 Å². The van der Waals surface area contributed by atoms with Crippen molar-refractivity contribution in [2.24, 2.45) is 0 Å². The van der Waals surface area contributed by atoms with Gasteiger partial charge in [-0.1, -0.05) is 18.2 Å². The average molecular weight is 347 g/mol. The third-order valence-electron chi connectivity index (χ3n) is 3.01. The Morgan fingerprint density at radius 1 is 1.23 bits per heavy atom. The van der Waals surface area contributed by atoms with Crippen LogP contribution in [0.15, 0.2) is 52.1 Å². The smallest absolute Gasteiger partial charge is 0.230 e. The molecule has 0 atom stereocenters. The van der Waals surface area contributed by atoms with Gasteiger partial charge in [0.15, 0.2) is 0 Å². The number of benzene rings is 1. The number of thioether (sulfide) groups is 1. The molecule has 2 heterocycles. The summed E-state index contributed by atoms with van der Waals surface area (Å²) in [5.41, 5.74) is 1.67. The van der Waals surface area contributed by atoms with Gasteiger partial charge < -0.3 is 5.32 Å². The number of aromatic nitrogens is 1. The molecule has 22 heavy (non-hydrogen) atoms. The maximum Gasteiger partial charge on any atom is 0.230 e. The van der Waals surface area contributed by atoms with Crippen molar-refractivity contribution in [1.29, 1.82) is 0 Å². The van der Waals surface area contributed by atoms with Crippen LogP contribution in [0.25, 0.3) is 9.88 Å². The predicted molar refractivity (Wildman–Crippen MR) is 96.0 cm³/mol. The minimum absolute atomic E-state index is 0.0375. The molecule has 0 spiro atoms. The Bertz CT molecular complexity index is 765. The van der Waals surface area contributed by atoms with Crippen LogP contribution in [0.1, 0.15) is 5.69 Å². The Morgan fingerprint density at radius 3 is 2.86 bits per heavy atom. The summed E-state index contributed by atoms with van der Waals surface area (Å²) in [5.74, 6) is -0.0375. The van der Waals surface area contributed by atoms with E-state index in [2.05, 4.69) is 10.3 Å². The SMILES string of the molecule is CSc1ccccc1NC(=O)Cc1csc(-c2cccs2)n1. The summed E-state index contributed by atoms with van der Waals surface area (Å²) in [6.07, 6.45) is 2.29. The Balaban J connectivity index is 1.67. The minimum atomic E-state index is -0.0375. The summed E-state index contributed by atoms with van der Waals surface area (Å²) in [6, 6.07) is 11.9. The lowest BCUT2D eigenvalue weighted by Gasteiger charge is -2.08. The van der Waals surface area contributed by atoms with Gasteiger partial charge in [0.2, 0.25) is 5.91 Å². The van der Waals surface area contributed by atoms with Gasteiger partial charge in [-0.2, -0.15) is 0 Å². The number of amides is 1. The second kappa shape index (κ2) is 7.09. The van der Waals surface area contributed by atoms with Crippen LogP contribution in [0.4, 0.5) is 5.69 Å². The molecule has 1 N–H and O–H groups in total. The lowest BCUT2D eigenvalue weighted by molar-refractivity contribution is -0.115. The standard InChI is InChI=1S/C16H14N2OS3/c1-20-13-6-3-2-5-12(13)18-15(19)9-11-10-22-16(17-11)14-7-4-8-21-14/h2-8,10H,9H2,1H3,(H,18,19). The van der Waals surface area contributed by atoms with Crippen molar-refractivity contribution in [3.05, 3.63) is 52.9 Å². The van der Waals surface area contributed by atoms with Crippen LogP contribution in [0.5, 0.6) is 0 Å². The van der Waals surface area contributed by atoms with E-state index in [0.29, 0.717) is 6.42 Å². The number of thiophene rings is 1.